The first kappa shape index (κ1) is 20.7. The van der Waals surface area contributed by atoms with Gasteiger partial charge in [0.1, 0.15) is 10.6 Å². The van der Waals surface area contributed by atoms with Crippen LogP contribution in [0.15, 0.2) is 23.1 Å². The lowest BCUT2D eigenvalue weighted by Gasteiger charge is -2.17. The van der Waals surface area contributed by atoms with E-state index in [0.717, 1.165) is 0 Å². The number of rotatable bonds is 6. The molecule has 0 heterocycles. The summed E-state index contributed by atoms with van der Waals surface area (Å²) in [4.78, 5) is -0.997. The Morgan fingerprint density at radius 2 is 1.67 bits per heavy atom. The van der Waals surface area contributed by atoms with E-state index >= 15 is 0 Å². The van der Waals surface area contributed by atoms with Crippen LogP contribution in [0.25, 0.3) is 0 Å². The number of hydrogen-bond acceptors (Lipinski definition) is 5. The lowest BCUT2D eigenvalue weighted by molar-refractivity contribution is -0.277. The van der Waals surface area contributed by atoms with E-state index in [1.54, 1.807) is 0 Å². The normalized spacial score (nSPS) is 14.3. The Balaban J connectivity index is 3.33. The molecule has 1 aromatic rings. The summed E-state index contributed by atoms with van der Waals surface area (Å²) < 4.78 is 107. The number of halogens is 6. The van der Waals surface area contributed by atoms with E-state index in [9.17, 15) is 34.8 Å². The van der Waals surface area contributed by atoms with Crippen molar-refractivity contribution in [2.75, 3.05) is 5.75 Å². The Kier molecular flexibility index (Phi) is 6.27. The highest BCUT2D eigenvalue weighted by Gasteiger charge is 2.36. The lowest BCUT2D eigenvalue weighted by Crippen LogP contribution is -2.34. The largest absolute Gasteiger partial charge is 0.573 e. The molecule has 0 saturated carbocycles. The number of nitrogens with one attached hydrogen (secondary N) is 1. The Bertz CT molecular complexity index is 674. The molecule has 1 atom stereocenters. The number of sulfonamides is 1. The molecule has 0 fully saturated rings. The fourth-order valence-corrected chi connectivity index (χ4v) is 3.05. The van der Waals surface area contributed by atoms with Crippen LogP contribution in [0.3, 0.4) is 0 Å². The predicted octanol–water partition coefficient (Wildman–Crippen LogP) is 3.08. The first-order chi connectivity index (χ1) is 10.7. The maximum Gasteiger partial charge on any atom is 0.573 e. The quantitative estimate of drug-likeness (QED) is 0.570. The average Bonchev–Trinajstić information content (AvgIpc) is 2.33. The minimum atomic E-state index is -5.32. The molecule has 1 aromatic carbocycles. The minimum absolute atomic E-state index is 0.0317. The maximum atomic E-state index is 12.4. The Hall–Kier alpha value is -1.34. The number of hydrogen-bond donors (Lipinski definition) is 2. The van der Waals surface area contributed by atoms with Crippen molar-refractivity contribution in [3.8, 4) is 11.5 Å². The Morgan fingerprint density at radius 1 is 1.12 bits per heavy atom. The van der Waals surface area contributed by atoms with Gasteiger partial charge in [-0.2, -0.15) is 12.6 Å². The molecule has 0 aliphatic carbocycles. The zero-order chi connectivity index (χ0) is 18.8. The van der Waals surface area contributed by atoms with Crippen LogP contribution in [-0.4, -0.2) is 32.9 Å². The van der Waals surface area contributed by atoms with Crippen molar-refractivity contribution in [2.45, 2.75) is 30.6 Å². The average molecular weight is 399 g/mol. The van der Waals surface area contributed by atoms with E-state index in [4.69, 9.17) is 0 Å². The maximum absolute atomic E-state index is 12.4. The molecule has 0 aromatic heterocycles. The zero-order valence-electron chi connectivity index (χ0n) is 11.8. The molecule has 138 valence electrons. The minimum Gasteiger partial charge on any atom is -0.406 e. The van der Waals surface area contributed by atoms with Gasteiger partial charge in [0, 0.05) is 17.9 Å². The highest BCUT2D eigenvalue weighted by molar-refractivity contribution is 7.89. The molecule has 5 nitrogen and oxygen atoms in total. The molecule has 0 aliphatic heterocycles. The van der Waals surface area contributed by atoms with Gasteiger partial charge in [-0.1, -0.05) is 0 Å². The van der Waals surface area contributed by atoms with Gasteiger partial charge < -0.3 is 9.47 Å². The second kappa shape index (κ2) is 7.27. The summed E-state index contributed by atoms with van der Waals surface area (Å²) in [5.41, 5.74) is 0. The van der Waals surface area contributed by atoms with Crippen LogP contribution in [0.5, 0.6) is 11.5 Å². The number of alkyl halides is 6. The van der Waals surface area contributed by atoms with Crippen molar-refractivity contribution in [3.05, 3.63) is 18.2 Å². The summed E-state index contributed by atoms with van der Waals surface area (Å²) >= 11 is 3.81. The standard InChI is InChI=1S/C11H11F6NO4S2/c1-6(5-23)18-24(19,20)9-3-2-7(21-10(12,13)14)4-8(9)22-11(15,16)17/h2-4,6,18,23H,5H2,1H3/t6-/m1/s1. The number of thiol groups is 1. The molecule has 0 aliphatic rings. The molecule has 1 rings (SSSR count). The SMILES string of the molecule is C[C@H](CS)NS(=O)(=O)c1ccc(OC(F)(F)F)cc1OC(F)(F)F. The molecule has 13 heteroatoms. The van der Waals surface area contributed by atoms with E-state index < -0.39 is 45.2 Å². The molecule has 0 spiro atoms. The first-order valence-corrected chi connectivity index (χ1v) is 8.14. The van der Waals surface area contributed by atoms with Crippen LogP contribution in [0.2, 0.25) is 0 Å². The van der Waals surface area contributed by atoms with E-state index in [-0.39, 0.29) is 11.8 Å². The third-order valence-corrected chi connectivity index (χ3v) is 4.47. The van der Waals surface area contributed by atoms with E-state index in [1.807, 2.05) is 4.72 Å². The van der Waals surface area contributed by atoms with Gasteiger partial charge in [-0.3, -0.25) is 0 Å². The summed E-state index contributed by atoms with van der Waals surface area (Å²) in [5.74, 6) is -2.39. The summed E-state index contributed by atoms with van der Waals surface area (Å²) in [6, 6.07) is 0.496. The van der Waals surface area contributed by atoms with Crippen LogP contribution in [0, 0.1) is 0 Å². The number of benzene rings is 1. The molecular formula is C11H11F6NO4S2. The molecule has 24 heavy (non-hydrogen) atoms. The van der Waals surface area contributed by atoms with Crippen LogP contribution in [-0.2, 0) is 10.0 Å². The Labute approximate surface area is 138 Å². The second-order valence-corrected chi connectivity index (χ2v) is 6.46. The van der Waals surface area contributed by atoms with Gasteiger partial charge in [0.05, 0.1) is 0 Å². The van der Waals surface area contributed by atoms with Crippen molar-refractivity contribution >= 4 is 22.7 Å². The van der Waals surface area contributed by atoms with Gasteiger partial charge >= 0.3 is 12.7 Å². The van der Waals surface area contributed by atoms with E-state index in [0.29, 0.717) is 12.1 Å². The third kappa shape index (κ3) is 6.65. The molecular weight excluding hydrogens is 388 g/mol. The van der Waals surface area contributed by atoms with Crippen molar-refractivity contribution in [1.82, 2.24) is 4.72 Å². The van der Waals surface area contributed by atoms with Gasteiger partial charge in [-0.15, -0.1) is 26.3 Å². The van der Waals surface area contributed by atoms with Crippen molar-refractivity contribution < 1.29 is 44.2 Å². The molecule has 0 saturated heterocycles. The summed E-state index contributed by atoms with van der Waals surface area (Å²) in [6.07, 6.45) is -10.5. The third-order valence-electron chi connectivity index (χ3n) is 2.29. The van der Waals surface area contributed by atoms with Crippen LogP contribution < -0.4 is 14.2 Å². The lowest BCUT2D eigenvalue weighted by atomic mass is 10.3. The van der Waals surface area contributed by atoms with Crippen molar-refractivity contribution in [1.29, 1.82) is 0 Å². The van der Waals surface area contributed by atoms with E-state index in [1.165, 1.54) is 6.92 Å². The highest BCUT2D eigenvalue weighted by atomic mass is 32.2. The summed E-state index contributed by atoms with van der Waals surface area (Å²) in [5, 5.41) is 0. The molecule has 1 N–H and O–H groups in total. The highest BCUT2D eigenvalue weighted by Crippen LogP contribution is 2.34. The fraction of sp³-hybridized carbons (Fsp3) is 0.455. The van der Waals surface area contributed by atoms with Gasteiger partial charge in [0.2, 0.25) is 10.0 Å². The summed E-state index contributed by atoms with van der Waals surface area (Å²) in [6.45, 7) is 1.38. The van der Waals surface area contributed by atoms with Gasteiger partial charge in [0.15, 0.2) is 5.75 Å². The van der Waals surface area contributed by atoms with E-state index in [2.05, 4.69) is 22.1 Å². The zero-order valence-corrected chi connectivity index (χ0v) is 13.5. The molecule has 0 bridgehead atoms. The molecule has 0 unspecified atom stereocenters. The number of ether oxygens (including phenoxy) is 2. The van der Waals surface area contributed by atoms with Gasteiger partial charge in [-0.05, 0) is 19.1 Å². The van der Waals surface area contributed by atoms with Crippen LogP contribution in [0.1, 0.15) is 6.92 Å². The van der Waals surface area contributed by atoms with Gasteiger partial charge in [-0.25, -0.2) is 13.1 Å². The molecule has 0 radical (unpaired) electrons. The van der Waals surface area contributed by atoms with Crippen molar-refractivity contribution in [3.63, 3.8) is 0 Å². The second-order valence-electron chi connectivity index (χ2n) is 4.41. The topological polar surface area (TPSA) is 64.6 Å². The smallest absolute Gasteiger partial charge is 0.406 e. The molecule has 0 amide bonds. The van der Waals surface area contributed by atoms with Gasteiger partial charge in [0.25, 0.3) is 0 Å². The summed E-state index contributed by atoms with van der Waals surface area (Å²) in [7, 11) is -4.50. The fourth-order valence-electron chi connectivity index (χ4n) is 1.48. The first-order valence-electron chi connectivity index (χ1n) is 6.02. The predicted molar refractivity (Wildman–Crippen MR) is 73.4 cm³/mol. The van der Waals surface area contributed by atoms with Crippen molar-refractivity contribution in [2.24, 2.45) is 0 Å². The monoisotopic (exact) mass is 399 g/mol. The Morgan fingerprint density at radius 3 is 2.12 bits per heavy atom. The van der Waals surface area contributed by atoms with Crippen LogP contribution >= 0.6 is 12.6 Å². The van der Waals surface area contributed by atoms with Crippen LogP contribution in [0.4, 0.5) is 26.3 Å².